The average molecular weight is 217 g/mol. The lowest BCUT2D eigenvalue weighted by Gasteiger charge is -2.25. The minimum atomic E-state index is 0.267. The van der Waals surface area contributed by atoms with E-state index in [2.05, 4.69) is 50.4 Å². The first kappa shape index (κ1) is 11.7. The van der Waals surface area contributed by atoms with Crippen LogP contribution in [-0.2, 0) is 5.41 Å². The van der Waals surface area contributed by atoms with Crippen molar-refractivity contribution in [2.75, 3.05) is 13.1 Å². The van der Waals surface area contributed by atoms with Gasteiger partial charge in [-0.1, -0.05) is 45.0 Å². The average Bonchev–Trinajstić information content (AvgIpc) is 2.29. The van der Waals surface area contributed by atoms with Gasteiger partial charge >= 0.3 is 0 Å². The van der Waals surface area contributed by atoms with Gasteiger partial charge in [-0.05, 0) is 48.4 Å². The first-order chi connectivity index (χ1) is 7.57. The van der Waals surface area contributed by atoms with Gasteiger partial charge in [-0.25, -0.2) is 0 Å². The maximum absolute atomic E-state index is 3.43. The molecule has 2 rings (SSSR count). The van der Waals surface area contributed by atoms with Gasteiger partial charge in [0.15, 0.2) is 0 Å². The Morgan fingerprint density at radius 3 is 2.44 bits per heavy atom. The Kier molecular flexibility index (Phi) is 3.34. The fraction of sp³-hybridized carbons (Fsp3) is 0.600. The van der Waals surface area contributed by atoms with E-state index in [1.807, 2.05) is 0 Å². The quantitative estimate of drug-likeness (QED) is 0.759. The second kappa shape index (κ2) is 4.58. The standard InChI is InChI=1S/C15H23N/c1-15(2,3)14-6-4-5-13(11-14)12-7-9-16-10-8-12/h4-6,11-12,16H,7-10H2,1-3H3. The van der Waals surface area contributed by atoms with Gasteiger partial charge in [0.1, 0.15) is 0 Å². The van der Waals surface area contributed by atoms with Crippen molar-refractivity contribution < 1.29 is 0 Å². The summed E-state index contributed by atoms with van der Waals surface area (Å²) in [5.74, 6) is 0.767. The molecule has 1 heteroatoms. The molecule has 1 aliphatic heterocycles. The van der Waals surface area contributed by atoms with E-state index in [1.54, 1.807) is 0 Å². The van der Waals surface area contributed by atoms with Crippen molar-refractivity contribution >= 4 is 0 Å². The largest absolute Gasteiger partial charge is 0.317 e. The number of benzene rings is 1. The summed E-state index contributed by atoms with van der Waals surface area (Å²) >= 11 is 0. The highest BCUT2D eigenvalue weighted by Crippen LogP contribution is 2.29. The van der Waals surface area contributed by atoms with Gasteiger partial charge in [-0.2, -0.15) is 0 Å². The highest BCUT2D eigenvalue weighted by molar-refractivity contribution is 5.31. The van der Waals surface area contributed by atoms with Gasteiger partial charge in [0.05, 0.1) is 0 Å². The van der Waals surface area contributed by atoms with Crippen LogP contribution in [0.25, 0.3) is 0 Å². The van der Waals surface area contributed by atoms with E-state index >= 15 is 0 Å². The Bertz CT molecular complexity index is 343. The molecule has 16 heavy (non-hydrogen) atoms. The van der Waals surface area contributed by atoms with Gasteiger partial charge in [0, 0.05) is 0 Å². The van der Waals surface area contributed by atoms with Crippen molar-refractivity contribution in [1.82, 2.24) is 5.32 Å². The molecule has 88 valence electrons. The zero-order chi connectivity index (χ0) is 11.6. The van der Waals surface area contributed by atoms with Crippen LogP contribution < -0.4 is 5.32 Å². The SMILES string of the molecule is CC(C)(C)c1cccc(C2CCNCC2)c1. The summed E-state index contributed by atoms with van der Waals surface area (Å²) in [4.78, 5) is 0. The third-order valence-corrected chi connectivity index (χ3v) is 3.56. The molecule has 0 bridgehead atoms. The maximum Gasteiger partial charge on any atom is -0.00431 e. The lowest BCUT2D eigenvalue weighted by molar-refractivity contribution is 0.459. The van der Waals surface area contributed by atoms with Crippen LogP contribution in [0.1, 0.15) is 50.7 Å². The number of hydrogen-bond donors (Lipinski definition) is 1. The van der Waals surface area contributed by atoms with Crippen LogP contribution in [0.3, 0.4) is 0 Å². The monoisotopic (exact) mass is 217 g/mol. The van der Waals surface area contributed by atoms with Crippen molar-refractivity contribution in [3.63, 3.8) is 0 Å². The summed E-state index contributed by atoms with van der Waals surface area (Å²) in [5.41, 5.74) is 3.26. The zero-order valence-corrected chi connectivity index (χ0v) is 10.7. The molecule has 1 aromatic carbocycles. The van der Waals surface area contributed by atoms with Gasteiger partial charge in [-0.3, -0.25) is 0 Å². The number of piperidine rings is 1. The van der Waals surface area contributed by atoms with E-state index < -0.39 is 0 Å². The Hall–Kier alpha value is -0.820. The number of hydrogen-bond acceptors (Lipinski definition) is 1. The second-order valence-electron chi connectivity index (χ2n) is 5.90. The third kappa shape index (κ3) is 2.65. The molecule has 0 spiro atoms. The lowest BCUT2D eigenvalue weighted by Crippen LogP contribution is -2.26. The molecule has 0 aliphatic carbocycles. The molecule has 1 heterocycles. The van der Waals surface area contributed by atoms with Gasteiger partial charge in [0.25, 0.3) is 0 Å². The predicted octanol–water partition coefficient (Wildman–Crippen LogP) is 3.45. The Balaban J connectivity index is 2.21. The molecule has 1 saturated heterocycles. The second-order valence-corrected chi connectivity index (χ2v) is 5.90. The molecule has 1 aromatic rings. The van der Waals surface area contributed by atoms with Crippen molar-refractivity contribution in [3.05, 3.63) is 35.4 Å². The Labute approximate surface area is 99.3 Å². The summed E-state index contributed by atoms with van der Waals surface area (Å²) in [6.45, 7) is 9.20. The number of rotatable bonds is 1. The topological polar surface area (TPSA) is 12.0 Å². The van der Waals surface area contributed by atoms with Crippen LogP contribution in [0, 0.1) is 0 Å². The molecule has 0 atom stereocenters. The van der Waals surface area contributed by atoms with Crippen molar-refractivity contribution in [3.8, 4) is 0 Å². The Morgan fingerprint density at radius 2 is 1.81 bits per heavy atom. The van der Waals surface area contributed by atoms with Crippen molar-refractivity contribution in [2.24, 2.45) is 0 Å². The van der Waals surface area contributed by atoms with E-state index in [9.17, 15) is 0 Å². The summed E-state index contributed by atoms with van der Waals surface area (Å²) in [5, 5.41) is 3.43. The fourth-order valence-corrected chi connectivity index (χ4v) is 2.41. The molecule has 1 fully saturated rings. The van der Waals surface area contributed by atoms with E-state index in [1.165, 1.54) is 37.1 Å². The molecular weight excluding hydrogens is 194 g/mol. The molecule has 0 radical (unpaired) electrons. The van der Waals surface area contributed by atoms with Crippen molar-refractivity contribution in [1.29, 1.82) is 0 Å². The van der Waals surface area contributed by atoms with Crippen LogP contribution in [0.15, 0.2) is 24.3 Å². The Morgan fingerprint density at radius 1 is 1.12 bits per heavy atom. The molecule has 1 nitrogen and oxygen atoms in total. The smallest absolute Gasteiger partial charge is 0.00431 e. The number of nitrogens with one attached hydrogen (secondary N) is 1. The summed E-state index contributed by atoms with van der Waals surface area (Å²) in [7, 11) is 0. The summed E-state index contributed by atoms with van der Waals surface area (Å²) < 4.78 is 0. The fourth-order valence-electron chi connectivity index (χ4n) is 2.41. The van der Waals surface area contributed by atoms with Gasteiger partial charge < -0.3 is 5.32 Å². The lowest BCUT2D eigenvalue weighted by atomic mass is 9.83. The van der Waals surface area contributed by atoms with E-state index in [0.29, 0.717) is 0 Å². The molecule has 1 aliphatic rings. The zero-order valence-electron chi connectivity index (χ0n) is 10.7. The minimum absolute atomic E-state index is 0.267. The van der Waals surface area contributed by atoms with Crippen LogP contribution in [0.4, 0.5) is 0 Å². The molecule has 0 saturated carbocycles. The third-order valence-electron chi connectivity index (χ3n) is 3.56. The maximum atomic E-state index is 3.43. The van der Waals surface area contributed by atoms with Gasteiger partial charge in [0.2, 0.25) is 0 Å². The van der Waals surface area contributed by atoms with Crippen LogP contribution >= 0.6 is 0 Å². The molecular formula is C15H23N. The van der Waals surface area contributed by atoms with Crippen molar-refractivity contribution in [2.45, 2.75) is 44.9 Å². The highest BCUT2D eigenvalue weighted by atomic mass is 14.9. The molecule has 1 N–H and O–H groups in total. The van der Waals surface area contributed by atoms with E-state index in [4.69, 9.17) is 0 Å². The minimum Gasteiger partial charge on any atom is -0.317 e. The van der Waals surface area contributed by atoms with Gasteiger partial charge in [-0.15, -0.1) is 0 Å². The molecule has 0 aromatic heterocycles. The normalized spacial score (nSPS) is 18.7. The first-order valence-electron chi connectivity index (χ1n) is 6.38. The molecule has 0 unspecified atom stereocenters. The van der Waals surface area contributed by atoms with Crippen LogP contribution in [-0.4, -0.2) is 13.1 Å². The van der Waals surface area contributed by atoms with Crippen LogP contribution in [0.5, 0.6) is 0 Å². The summed E-state index contributed by atoms with van der Waals surface area (Å²) in [6.07, 6.45) is 2.57. The predicted molar refractivity (Wildman–Crippen MR) is 70.0 cm³/mol. The van der Waals surface area contributed by atoms with Crippen LogP contribution in [0.2, 0.25) is 0 Å². The highest BCUT2D eigenvalue weighted by Gasteiger charge is 2.18. The molecule has 0 amide bonds. The van der Waals surface area contributed by atoms with E-state index in [-0.39, 0.29) is 5.41 Å². The van der Waals surface area contributed by atoms with E-state index in [0.717, 1.165) is 5.92 Å². The summed E-state index contributed by atoms with van der Waals surface area (Å²) in [6, 6.07) is 9.18. The first-order valence-corrected chi connectivity index (χ1v) is 6.38.